The maximum Gasteiger partial charge on any atom is 0.216 e. The van der Waals surface area contributed by atoms with Gasteiger partial charge in [0.25, 0.3) is 0 Å². The van der Waals surface area contributed by atoms with Crippen LogP contribution in [0, 0.1) is 6.92 Å². The van der Waals surface area contributed by atoms with Gasteiger partial charge in [0.1, 0.15) is 0 Å². The summed E-state index contributed by atoms with van der Waals surface area (Å²) in [6, 6.07) is 14.5. The number of fused-ring (bicyclic) bond motifs is 1. The SMILES string of the molecule is CCC(=O)c1cncc(C(C)C)c1.COc1cc(C(C)C)cc(OC)n1.Cc1cnc2cc(C(C)C)ccc2c1. The van der Waals surface area contributed by atoms with Crippen LogP contribution >= 0.6 is 0 Å². The van der Waals surface area contributed by atoms with Crippen molar-refractivity contribution in [3.8, 4) is 11.8 Å². The van der Waals surface area contributed by atoms with Gasteiger partial charge in [-0.25, -0.2) is 0 Å². The fraction of sp³-hybridized carbons (Fsp3) is 0.412. The number of rotatable bonds is 7. The van der Waals surface area contributed by atoms with Crippen LogP contribution in [-0.2, 0) is 0 Å². The molecule has 0 saturated carbocycles. The van der Waals surface area contributed by atoms with Gasteiger partial charge >= 0.3 is 0 Å². The van der Waals surface area contributed by atoms with Gasteiger partial charge in [0.15, 0.2) is 5.78 Å². The van der Waals surface area contributed by atoms with Crippen molar-refractivity contribution in [2.75, 3.05) is 14.2 Å². The van der Waals surface area contributed by atoms with E-state index in [0.29, 0.717) is 35.9 Å². The Morgan fingerprint density at radius 2 is 1.35 bits per heavy atom. The lowest BCUT2D eigenvalue weighted by atomic mass is 10.0. The fourth-order valence-electron chi connectivity index (χ4n) is 3.78. The first-order valence-electron chi connectivity index (χ1n) is 13.9. The van der Waals surface area contributed by atoms with Crippen molar-refractivity contribution >= 4 is 16.7 Å². The molecule has 0 saturated heterocycles. The fourth-order valence-corrected chi connectivity index (χ4v) is 3.78. The van der Waals surface area contributed by atoms with Crippen molar-refractivity contribution in [1.29, 1.82) is 0 Å². The number of nitrogens with zero attached hydrogens (tertiary/aromatic N) is 3. The highest BCUT2D eigenvalue weighted by atomic mass is 16.5. The van der Waals surface area contributed by atoms with E-state index in [0.717, 1.165) is 16.6 Å². The molecule has 0 fully saturated rings. The van der Waals surface area contributed by atoms with Crippen LogP contribution in [0.5, 0.6) is 11.8 Å². The van der Waals surface area contributed by atoms with Crippen molar-refractivity contribution in [2.24, 2.45) is 0 Å². The first-order chi connectivity index (χ1) is 19.0. The molecule has 0 aliphatic carbocycles. The van der Waals surface area contributed by atoms with E-state index in [2.05, 4.69) is 87.7 Å². The minimum absolute atomic E-state index is 0.162. The average molecular weight is 544 g/mol. The Morgan fingerprint density at radius 1 is 0.750 bits per heavy atom. The molecule has 3 heterocycles. The topological polar surface area (TPSA) is 74.2 Å². The molecule has 6 nitrogen and oxygen atoms in total. The number of aromatic nitrogens is 3. The number of hydrogen-bond donors (Lipinski definition) is 0. The van der Waals surface area contributed by atoms with Crippen LogP contribution in [0.15, 0.2) is 61.1 Å². The van der Waals surface area contributed by atoms with Crippen LogP contribution in [0.3, 0.4) is 0 Å². The van der Waals surface area contributed by atoms with Crippen molar-refractivity contribution in [2.45, 2.75) is 79.6 Å². The number of carbonyl (C=O) groups is 1. The van der Waals surface area contributed by atoms with Gasteiger partial charge < -0.3 is 9.47 Å². The summed E-state index contributed by atoms with van der Waals surface area (Å²) in [6.45, 7) is 16.8. The molecule has 4 aromatic rings. The lowest BCUT2D eigenvalue weighted by molar-refractivity contribution is 0.0987. The minimum Gasteiger partial charge on any atom is -0.481 e. The molecule has 0 spiro atoms. The highest BCUT2D eigenvalue weighted by Gasteiger charge is 2.07. The Balaban J connectivity index is 0.000000210. The van der Waals surface area contributed by atoms with Gasteiger partial charge in [-0.3, -0.25) is 14.8 Å². The highest BCUT2D eigenvalue weighted by molar-refractivity contribution is 5.95. The van der Waals surface area contributed by atoms with Gasteiger partial charge in [0, 0.05) is 48.1 Å². The summed E-state index contributed by atoms with van der Waals surface area (Å²) in [4.78, 5) is 23.9. The van der Waals surface area contributed by atoms with E-state index in [-0.39, 0.29) is 5.78 Å². The lowest BCUT2D eigenvalue weighted by Gasteiger charge is -2.09. The smallest absolute Gasteiger partial charge is 0.216 e. The van der Waals surface area contributed by atoms with E-state index in [1.807, 2.05) is 37.5 Å². The zero-order chi connectivity index (χ0) is 29.8. The Hall–Kier alpha value is -3.80. The molecule has 0 aliphatic heterocycles. The van der Waals surface area contributed by atoms with E-state index >= 15 is 0 Å². The molecule has 40 heavy (non-hydrogen) atoms. The maximum atomic E-state index is 11.3. The molecular formula is C34H45N3O3. The molecule has 0 N–H and O–H groups in total. The summed E-state index contributed by atoms with van der Waals surface area (Å²) < 4.78 is 10.1. The molecule has 0 radical (unpaired) electrons. The lowest BCUT2D eigenvalue weighted by Crippen LogP contribution is -1.99. The molecule has 1 aromatic carbocycles. The number of pyridine rings is 3. The highest BCUT2D eigenvalue weighted by Crippen LogP contribution is 2.23. The standard InChI is InChI=1S/C13H15N.C11H15NO.C10H15NO2/c1-9(2)11-4-5-12-6-10(3)8-14-13(12)7-11;1-4-11(13)10-5-9(8(2)3)6-12-7-10;1-7(2)8-5-9(12-3)11-10(6-8)13-4/h4-9H,1-3H3;5-8H,4H2,1-3H3;5-7H,1-4H3. The quantitative estimate of drug-likeness (QED) is 0.217. The van der Waals surface area contributed by atoms with Gasteiger partial charge in [0.2, 0.25) is 11.8 Å². The summed E-state index contributed by atoms with van der Waals surface area (Å²) in [5.74, 6) is 2.81. The zero-order valence-corrected chi connectivity index (χ0v) is 25.8. The first-order valence-corrected chi connectivity index (χ1v) is 13.9. The zero-order valence-electron chi connectivity index (χ0n) is 25.8. The predicted octanol–water partition coefficient (Wildman–Crippen LogP) is 8.69. The first kappa shape index (κ1) is 32.4. The van der Waals surface area contributed by atoms with E-state index < -0.39 is 0 Å². The normalized spacial score (nSPS) is 10.6. The van der Waals surface area contributed by atoms with Gasteiger partial charge in [-0.15, -0.1) is 0 Å². The number of methoxy groups -OCH3 is 2. The van der Waals surface area contributed by atoms with Crippen LogP contribution < -0.4 is 9.47 Å². The molecule has 4 rings (SSSR count). The summed E-state index contributed by atoms with van der Waals surface area (Å²) in [5.41, 5.74) is 6.70. The molecule has 0 amide bonds. The summed E-state index contributed by atoms with van der Waals surface area (Å²) in [6.07, 6.45) is 5.92. The monoisotopic (exact) mass is 543 g/mol. The van der Waals surface area contributed by atoms with Crippen LogP contribution in [0.1, 0.15) is 105 Å². The van der Waals surface area contributed by atoms with E-state index in [1.165, 1.54) is 22.1 Å². The van der Waals surface area contributed by atoms with E-state index in [9.17, 15) is 4.79 Å². The Labute approximate surface area is 240 Å². The Morgan fingerprint density at radius 3 is 1.88 bits per heavy atom. The number of carbonyl (C=O) groups excluding carboxylic acids is 1. The van der Waals surface area contributed by atoms with Crippen molar-refractivity contribution in [1.82, 2.24) is 15.0 Å². The molecule has 6 heteroatoms. The molecule has 0 aliphatic rings. The van der Waals surface area contributed by atoms with Gasteiger partial charge in [-0.05, 0) is 65.1 Å². The van der Waals surface area contributed by atoms with Crippen LogP contribution in [0.25, 0.3) is 10.9 Å². The number of aryl methyl sites for hydroxylation is 1. The van der Waals surface area contributed by atoms with Gasteiger partial charge in [-0.1, -0.05) is 60.6 Å². The predicted molar refractivity (Wildman–Crippen MR) is 165 cm³/mol. The van der Waals surface area contributed by atoms with E-state index in [1.54, 1.807) is 20.4 Å². The maximum absolute atomic E-state index is 11.3. The third-order valence-electron chi connectivity index (χ3n) is 6.47. The van der Waals surface area contributed by atoms with Crippen molar-refractivity contribution in [3.63, 3.8) is 0 Å². The average Bonchev–Trinajstić information content (AvgIpc) is 2.96. The molecule has 0 bridgehead atoms. The van der Waals surface area contributed by atoms with Crippen molar-refractivity contribution in [3.05, 3.63) is 88.9 Å². The Bertz CT molecular complexity index is 1360. The van der Waals surface area contributed by atoms with Crippen LogP contribution in [0.4, 0.5) is 0 Å². The molecule has 0 atom stereocenters. The number of ether oxygens (including phenoxy) is 2. The molecule has 0 unspecified atom stereocenters. The molecule has 3 aromatic heterocycles. The number of benzene rings is 1. The van der Waals surface area contributed by atoms with Crippen LogP contribution in [-0.4, -0.2) is 35.0 Å². The molecular weight excluding hydrogens is 498 g/mol. The van der Waals surface area contributed by atoms with E-state index in [4.69, 9.17) is 9.47 Å². The molecule has 214 valence electrons. The number of hydrogen-bond acceptors (Lipinski definition) is 6. The third-order valence-corrected chi connectivity index (χ3v) is 6.47. The second-order valence-corrected chi connectivity index (χ2v) is 10.7. The summed E-state index contributed by atoms with van der Waals surface area (Å²) in [5, 5.41) is 1.23. The number of Topliss-reactive ketones (excluding diaryl/α,β-unsaturated/α-hetero) is 1. The Kier molecular flexibility index (Phi) is 12.7. The van der Waals surface area contributed by atoms with Gasteiger partial charge in [-0.2, -0.15) is 4.98 Å². The second kappa shape index (κ2) is 15.7. The number of ketones is 1. The minimum atomic E-state index is 0.162. The largest absolute Gasteiger partial charge is 0.481 e. The summed E-state index contributed by atoms with van der Waals surface area (Å²) >= 11 is 0. The van der Waals surface area contributed by atoms with Crippen LogP contribution in [0.2, 0.25) is 0 Å². The van der Waals surface area contributed by atoms with Crippen molar-refractivity contribution < 1.29 is 14.3 Å². The second-order valence-electron chi connectivity index (χ2n) is 10.7. The van der Waals surface area contributed by atoms with Gasteiger partial charge in [0.05, 0.1) is 19.7 Å². The summed E-state index contributed by atoms with van der Waals surface area (Å²) in [7, 11) is 3.21. The third kappa shape index (κ3) is 9.74.